The van der Waals surface area contributed by atoms with Crippen molar-refractivity contribution >= 4 is 0 Å². The Morgan fingerprint density at radius 2 is 2.14 bits per heavy atom. The largest absolute Gasteiger partial charge is 0.207 e. The molecule has 0 fully saturated rings. The van der Waals surface area contributed by atoms with Crippen molar-refractivity contribution in [2.24, 2.45) is 5.92 Å². The molecule has 0 aromatic heterocycles. The number of rotatable bonds is 1. The molecular formula is C13H17F. The fourth-order valence-corrected chi connectivity index (χ4v) is 2.50. The molecule has 0 spiro atoms. The number of aryl methyl sites for hydroxylation is 1. The molecule has 0 nitrogen and oxygen atoms in total. The lowest BCUT2D eigenvalue weighted by molar-refractivity contribution is 0.431. The van der Waals surface area contributed by atoms with Gasteiger partial charge in [0.1, 0.15) is 5.82 Å². The van der Waals surface area contributed by atoms with Gasteiger partial charge in [0.25, 0.3) is 0 Å². The van der Waals surface area contributed by atoms with E-state index < -0.39 is 0 Å². The summed E-state index contributed by atoms with van der Waals surface area (Å²) in [6.45, 7) is 4.45. The van der Waals surface area contributed by atoms with Gasteiger partial charge in [-0.25, -0.2) is 4.39 Å². The first-order valence-corrected chi connectivity index (χ1v) is 5.47. The number of halogens is 1. The summed E-state index contributed by atoms with van der Waals surface area (Å²) in [4.78, 5) is 0. The maximum atomic E-state index is 13.1. The number of hydrogen-bond acceptors (Lipinski definition) is 0. The molecular weight excluding hydrogens is 175 g/mol. The number of benzene rings is 1. The predicted octanol–water partition coefficient (Wildman–Crippen LogP) is 3.90. The van der Waals surface area contributed by atoms with Crippen LogP contribution in [0, 0.1) is 11.7 Å². The molecule has 0 N–H and O–H groups in total. The van der Waals surface area contributed by atoms with Gasteiger partial charge in [0, 0.05) is 0 Å². The SMILES string of the molecule is CC(C)[C@H]1CCCc2ccc(F)cc21. The van der Waals surface area contributed by atoms with E-state index in [-0.39, 0.29) is 5.82 Å². The third-order valence-electron chi connectivity index (χ3n) is 3.27. The summed E-state index contributed by atoms with van der Waals surface area (Å²) in [7, 11) is 0. The lowest BCUT2D eigenvalue weighted by atomic mass is 9.77. The van der Waals surface area contributed by atoms with Crippen LogP contribution in [0.1, 0.15) is 43.7 Å². The summed E-state index contributed by atoms with van der Waals surface area (Å²) in [5.41, 5.74) is 2.61. The van der Waals surface area contributed by atoms with Crippen molar-refractivity contribution < 1.29 is 4.39 Å². The first-order valence-electron chi connectivity index (χ1n) is 5.47. The minimum atomic E-state index is -0.0868. The van der Waals surface area contributed by atoms with Gasteiger partial charge in [-0.3, -0.25) is 0 Å². The van der Waals surface area contributed by atoms with Crippen LogP contribution < -0.4 is 0 Å². The highest BCUT2D eigenvalue weighted by Crippen LogP contribution is 2.36. The van der Waals surface area contributed by atoms with Crippen LogP contribution in [0.25, 0.3) is 0 Å². The Kier molecular flexibility index (Phi) is 2.58. The van der Waals surface area contributed by atoms with Crippen LogP contribution in [0.15, 0.2) is 18.2 Å². The summed E-state index contributed by atoms with van der Waals surface area (Å²) < 4.78 is 13.1. The number of hydrogen-bond donors (Lipinski definition) is 0. The molecule has 0 saturated carbocycles. The molecule has 0 heterocycles. The van der Waals surface area contributed by atoms with Crippen LogP contribution in [-0.2, 0) is 6.42 Å². The van der Waals surface area contributed by atoms with Crippen LogP contribution in [0.3, 0.4) is 0 Å². The van der Waals surface area contributed by atoms with Gasteiger partial charge < -0.3 is 0 Å². The predicted molar refractivity (Wildman–Crippen MR) is 56.9 cm³/mol. The molecule has 0 saturated heterocycles. The molecule has 0 radical (unpaired) electrons. The van der Waals surface area contributed by atoms with Gasteiger partial charge in [0.15, 0.2) is 0 Å². The van der Waals surface area contributed by atoms with E-state index in [0.29, 0.717) is 11.8 Å². The lowest BCUT2D eigenvalue weighted by Gasteiger charge is -2.28. The second-order valence-electron chi connectivity index (χ2n) is 4.59. The van der Waals surface area contributed by atoms with E-state index in [4.69, 9.17) is 0 Å². The van der Waals surface area contributed by atoms with E-state index in [0.717, 1.165) is 6.42 Å². The zero-order chi connectivity index (χ0) is 10.1. The van der Waals surface area contributed by atoms with Crippen LogP contribution in [0.2, 0.25) is 0 Å². The Labute approximate surface area is 85.1 Å². The Morgan fingerprint density at radius 3 is 2.86 bits per heavy atom. The Bertz CT molecular complexity index is 328. The van der Waals surface area contributed by atoms with E-state index in [1.165, 1.54) is 24.0 Å². The van der Waals surface area contributed by atoms with Crippen molar-refractivity contribution in [3.8, 4) is 0 Å². The van der Waals surface area contributed by atoms with Crippen LogP contribution in [0.4, 0.5) is 4.39 Å². The van der Waals surface area contributed by atoms with Gasteiger partial charge in [-0.05, 0) is 54.4 Å². The zero-order valence-electron chi connectivity index (χ0n) is 8.89. The molecule has 14 heavy (non-hydrogen) atoms. The molecule has 0 amide bonds. The van der Waals surface area contributed by atoms with Gasteiger partial charge in [-0.2, -0.15) is 0 Å². The second kappa shape index (κ2) is 3.72. The van der Waals surface area contributed by atoms with E-state index in [9.17, 15) is 4.39 Å². The molecule has 1 aromatic rings. The third-order valence-corrected chi connectivity index (χ3v) is 3.27. The fraction of sp³-hybridized carbons (Fsp3) is 0.538. The van der Waals surface area contributed by atoms with Crippen LogP contribution in [-0.4, -0.2) is 0 Å². The van der Waals surface area contributed by atoms with Crippen molar-refractivity contribution in [3.05, 3.63) is 35.1 Å². The summed E-state index contributed by atoms with van der Waals surface area (Å²) in [6, 6.07) is 5.28. The standard InChI is InChI=1S/C13H17F/c1-9(2)12-5-3-4-10-6-7-11(14)8-13(10)12/h6-9,12H,3-5H2,1-2H3/t12-/m1/s1. The minimum Gasteiger partial charge on any atom is -0.207 e. The second-order valence-corrected chi connectivity index (χ2v) is 4.59. The highest BCUT2D eigenvalue weighted by molar-refractivity contribution is 5.33. The Hall–Kier alpha value is -0.850. The summed E-state index contributed by atoms with van der Waals surface area (Å²) in [6.07, 6.45) is 3.59. The van der Waals surface area contributed by atoms with Gasteiger partial charge in [0.05, 0.1) is 0 Å². The van der Waals surface area contributed by atoms with E-state index in [1.807, 2.05) is 6.07 Å². The normalized spacial score (nSPS) is 21.0. The van der Waals surface area contributed by atoms with Gasteiger partial charge in [-0.1, -0.05) is 19.9 Å². The first kappa shape index (κ1) is 9.70. The molecule has 1 atom stereocenters. The average Bonchev–Trinajstić information content (AvgIpc) is 2.16. The lowest BCUT2D eigenvalue weighted by Crippen LogP contribution is -2.14. The Morgan fingerprint density at radius 1 is 1.36 bits per heavy atom. The van der Waals surface area contributed by atoms with Crippen LogP contribution in [0.5, 0.6) is 0 Å². The van der Waals surface area contributed by atoms with E-state index in [1.54, 1.807) is 12.1 Å². The van der Waals surface area contributed by atoms with Crippen molar-refractivity contribution in [3.63, 3.8) is 0 Å². The molecule has 0 unspecified atom stereocenters. The maximum absolute atomic E-state index is 13.1. The van der Waals surface area contributed by atoms with Gasteiger partial charge in [-0.15, -0.1) is 0 Å². The molecule has 0 bridgehead atoms. The quantitative estimate of drug-likeness (QED) is 0.633. The van der Waals surface area contributed by atoms with E-state index in [2.05, 4.69) is 13.8 Å². The molecule has 1 aliphatic rings. The first-order chi connectivity index (χ1) is 6.68. The highest BCUT2D eigenvalue weighted by Gasteiger charge is 2.22. The molecule has 76 valence electrons. The van der Waals surface area contributed by atoms with Gasteiger partial charge in [0.2, 0.25) is 0 Å². The smallest absolute Gasteiger partial charge is 0.123 e. The maximum Gasteiger partial charge on any atom is 0.123 e. The molecule has 1 aromatic carbocycles. The van der Waals surface area contributed by atoms with Crippen molar-refractivity contribution in [1.82, 2.24) is 0 Å². The topological polar surface area (TPSA) is 0 Å². The minimum absolute atomic E-state index is 0.0868. The average molecular weight is 192 g/mol. The summed E-state index contributed by atoms with van der Waals surface area (Å²) in [5.74, 6) is 1.10. The van der Waals surface area contributed by atoms with Crippen molar-refractivity contribution in [2.75, 3.05) is 0 Å². The van der Waals surface area contributed by atoms with Gasteiger partial charge >= 0.3 is 0 Å². The summed E-state index contributed by atoms with van der Waals surface area (Å²) >= 11 is 0. The van der Waals surface area contributed by atoms with E-state index >= 15 is 0 Å². The van der Waals surface area contributed by atoms with Crippen LogP contribution >= 0.6 is 0 Å². The molecule has 1 aliphatic carbocycles. The molecule has 1 heteroatoms. The fourth-order valence-electron chi connectivity index (χ4n) is 2.50. The van der Waals surface area contributed by atoms with Crippen molar-refractivity contribution in [1.29, 1.82) is 0 Å². The Balaban J connectivity index is 2.41. The third kappa shape index (κ3) is 1.68. The number of fused-ring (bicyclic) bond motifs is 1. The zero-order valence-corrected chi connectivity index (χ0v) is 8.89. The summed E-state index contributed by atoms with van der Waals surface area (Å²) in [5, 5.41) is 0. The monoisotopic (exact) mass is 192 g/mol. The highest BCUT2D eigenvalue weighted by atomic mass is 19.1. The van der Waals surface area contributed by atoms with Crippen molar-refractivity contribution in [2.45, 2.75) is 39.0 Å². The molecule has 0 aliphatic heterocycles. The molecule has 2 rings (SSSR count).